The Balaban J connectivity index is 1.56. The lowest BCUT2D eigenvalue weighted by molar-refractivity contribution is -0.121. The third-order valence-electron chi connectivity index (χ3n) is 4.04. The minimum Gasteiger partial charge on any atom is -0.378 e. The highest BCUT2D eigenvalue weighted by Gasteiger charge is 2.33. The molecule has 1 fully saturated rings. The first-order valence-electron chi connectivity index (χ1n) is 8.02. The van der Waals surface area contributed by atoms with Gasteiger partial charge in [0.05, 0.1) is 13.2 Å². The molecule has 3 rings (SSSR count). The van der Waals surface area contributed by atoms with Gasteiger partial charge in [0.15, 0.2) is 5.17 Å². The first-order valence-corrected chi connectivity index (χ1v) is 8.90. The smallest absolute Gasteiger partial charge is 0.262 e. The van der Waals surface area contributed by atoms with Gasteiger partial charge < -0.3 is 15.0 Å². The Morgan fingerprint density at radius 2 is 2.12 bits per heavy atom. The van der Waals surface area contributed by atoms with Crippen molar-refractivity contribution in [1.82, 2.24) is 4.90 Å². The Morgan fingerprint density at radius 1 is 1.38 bits per heavy atom. The Bertz CT molecular complexity index is 684. The number of morpholine rings is 1. The van der Waals surface area contributed by atoms with E-state index in [4.69, 9.17) is 4.74 Å². The number of thioether (sulfide) groups is 1. The van der Waals surface area contributed by atoms with E-state index in [0.29, 0.717) is 18.4 Å². The van der Waals surface area contributed by atoms with Crippen molar-refractivity contribution < 1.29 is 14.3 Å². The number of anilines is 1. The fourth-order valence-corrected chi connectivity index (χ4v) is 3.84. The van der Waals surface area contributed by atoms with Crippen molar-refractivity contribution in [3.8, 4) is 0 Å². The van der Waals surface area contributed by atoms with Crippen molar-refractivity contribution in [3.05, 3.63) is 29.3 Å². The molecule has 6 nitrogen and oxygen atoms in total. The molecule has 128 valence electrons. The van der Waals surface area contributed by atoms with Gasteiger partial charge in [0.1, 0.15) is 5.25 Å². The van der Waals surface area contributed by atoms with Gasteiger partial charge in [-0.25, -0.2) is 0 Å². The molecular weight excluding hydrogens is 326 g/mol. The number of benzene rings is 1. The summed E-state index contributed by atoms with van der Waals surface area (Å²) in [5.41, 5.74) is 2.95. The van der Waals surface area contributed by atoms with E-state index in [0.717, 1.165) is 29.9 Å². The fourth-order valence-electron chi connectivity index (χ4n) is 2.72. The van der Waals surface area contributed by atoms with E-state index in [2.05, 4.69) is 10.3 Å². The van der Waals surface area contributed by atoms with Crippen molar-refractivity contribution in [2.24, 2.45) is 4.99 Å². The topological polar surface area (TPSA) is 71.0 Å². The monoisotopic (exact) mass is 347 g/mol. The summed E-state index contributed by atoms with van der Waals surface area (Å²) in [5.74, 6) is -0.386. The summed E-state index contributed by atoms with van der Waals surface area (Å²) >= 11 is 1.38. The van der Waals surface area contributed by atoms with E-state index in [1.54, 1.807) is 0 Å². The van der Waals surface area contributed by atoms with Crippen LogP contribution in [0.1, 0.15) is 17.5 Å². The fraction of sp³-hybridized carbons (Fsp3) is 0.471. The standard InChI is InChI=1S/C17H21N3O3S/c1-11-3-4-13(12(2)9-11)18-15(21)10-14-16(22)19-17(24-14)20-5-7-23-8-6-20/h3-4,9,14H,5-8,10H2,1-2H3,(H,18,21). The largest absolute Gasteiger partial charge is 0.378 e. The van der Waals surface area contributed by atoms with Crippen LogP contribution in [0.5, 0.6) is 0 Å². The van der Waals surface area contributed by atoms with Gasteiger partial charge in [-0.15, -0.1) is 0 Å². The molecule has 1 saturated heterocycles. The number of aliphatic imine (C=N–C) groups is 1. The predicted octanol–water partition coefficient (Wildman–Crippen LogP) is 1.96. The highest BCUT2D eigenvalue weighted by atomic mass is 32.2. The molecule has 0 aromatic heterocycles. The number of ether oxygens (including phenoxy) is 1. The van der Waals surface area contributed by atoms with Crippen LogP contribution < -0.4 is 5.32 Å². The van der Waals surface area contributed by atoms with E-state index >= 15 is 0 Å². The number of nitrogens with zero attached hydrogens (tertiary/aromatic N) is 2. The van der Waals surface area contributed by atoms with Crippen LogP contribution in [-0.4, -0.2) is 53.4 Å². The van der Waals surface area contributed by atoms with Gasteiger partial charge in [0.2, 0.25) is 5.91 Å². The van der Waals surface area contributed by atoms with Gasteiger partial charge in [-0.1, -0.05) is 29.5 Å². The zero-order valence-corrected chi connectivity index (χ0v) is 14.7. The summed E-state index contributed by atoms with van der Waals surface area (Å²) in [7, 11) is 0. The Kier molecular flexibility index (Phi) is 5.20. The predicted molar refractivity (Wildman–Crippen MR) is 95.4 cm³/mol. The molecular formula is C17H21N3O3S. The van der Waals surface area contributed by atoms with Crippen LogP contribution in [0.25, 0.3) is 0 Å². The van der Waals surface area contributed by atoms with E-state index in [1.165, 1.54) is 11.8 Å². The molecule has 0 bridgehead atoms. The molecule has 2 amide bonds. The van der Waals surface area contributed by atoms with Gasteiger partial charge in [-0.05, 0) is 25.5 Å². The number of carbonyl (C=O) groups is 2. The van der Waals surface area contributed by atoms with E-state index in [9.17, 15) is 9.59 Å². The minimum absolute atomic E-state index is 0.133. The van der Waals surface area contributed by atoms with Crippen molar-refractivity contribution >= 4 is 34.4 Å². The number of hydrogen-bond acceptors (Lipinski definition) is 5. The molecule has 1 aromatic rings. The van der Waals surface area contributed by atoms with E-state index < -0.39 is 5.25 Å². The molecule has 2 heterocycles. The van der Waals surface area contributed by atoms with Crippen molar-refractivity contribution in [3.63, 3.8) is 0 Å². The molecule has 7 heteroatoms. The van der Waals surface area contributed by atoms with Gasteiger partial charge in [-0.3, -0.25) is 9.59 Å². The number of hydrogen-bond donors (Lipinski definition) is 1. The summed E-state index contributed by atoms with van der Waals surface area (Å²) in [6, 6.07) is 5.87. The molecule has 0 saturated carbocycles. The molecule has 2 aliphatic heterocycles. The van der Waals surface area contributed by atoms with Gasteiger partial charge >= 0.3 is 0 Å². The van der Waals surface area contributed by atoms with Crippen LogP contribution in [0.15, 0.2) is 23.2 Å². The number of carbonyl (C=O) groups excluding carboxylic acids is 2. The van der Waals surface area contributed by atoms with Crippen LogP contribution in [0.3, 0.4) is 0 Å². The second-order valence-corrected chi connectivity index (χ2v) is 7.18. The summed E-state index contributed by atoms with van der Waals surface area (Å²) in [6.45, 7) is 6.73. The lowest BCUT2D eigenvalue weighted by Crippen LogP contribution is -2.39. The van der Waals surface area contributed by atoms with Crippen molar-refractivity contribution in [2.45, 2.75) is 25.5 Å². The van der Waals surface area contributed by atoms with Gasteiger partial charge in [0.25, 0.3) is 5.91 Å². The molecule has 1 atom stereocenters. The third kappa shape index (κ3) is 3.96. The minimum atomic E-state index is -0.436. The van der Waals surface area contributed by atoms with Crippen LogP contribution in [0.4, 0.5) is 5.69 Å². The molecule has 0 spiro atoms. The highest BCUT2D eigenvalue weighted by molar-refractivity contribution is 8.15. The molecule has 1 unspecified atom stereocenters. The average molecular weight is 347 g/mol. The lowest BCUT2D eigenvalue weighted by atomic mass is 10.1. The lowest BCUT2D eigenvalue weighted by Gasteiger charge is -2.27. The molecule has 1 aromatic carbocycles. The maximum atomic E-state index is 12.3. The van der Waals surface area contributed by atoms with Gasteiger partial charge in [0, 0.05) is 25.2 Å². The Morgan fingerprint density at radius 3 is 2.83 bits per heavy atom. The zero-order valence-electron chi connectivity index (χ0n) is 13.9. The third-order valence-corrected chi connectivity index (χ3v) is 5.25. The van der Waals surface area contributed by atoms with Crippen molar-refractivity contribution in [2.75, 3.05) is 31.6 Å². The second-order valence-electron chi connectivity index (χ2n) is 6.01. The van der Waals surface area contributed by atoms with E-state index in [-0.39, 0.29) is 18.2 Å². The van der Waals surface area contributed by atoms with E-state index in [1.807, 2.05) is 36.9 Å². The molecule has 0 radical (unpaired) electrons. The number of amides is 2. The Hall–Kier alpha value is -1.86. The molecule has 24 heavy (non-hydrogen) atoms. The SMILES string of the molecule is Cc1ccc(NC(=O)CC2SC(N3CCOCC3)=NC2=O)c(C)c1. The maximum absolute atomic E-state index is 12.3. The summed E-state index contributed by atoms with van der Waals surface area (Å²) in [6.07, 6.45) is 0.133. The maximum Gasteiger partial charge on any atom is 0.262 e. The van der Waals surface area contributed by atoms with Gasteiger partial charge in [-0.2, -0.15) is 4.99 Å². The van der Waals surface area contributed by atoms with Crippen LogP contribution in [0, 0.1) is 13.8 Å². The second kappa shape index (κ2) is 7.36. The normalized spacial score (nSPS) is 20.9. The van der Waals surface area contributed by atoms with Crippen LogP contribution >= 0.6 is 11.8 Å². The van der Waals surface area contributed by atoms with Crippen LogP contribution in [0.2, 0.25) is 0 Å². The molecule has 1 N–H and O–H groups in total. The molecule has 0 aliphatic carbocycles. The Labute approximate surface area is 145 Å². The number of rotatable bonds is 3. The first kappa shape index (κ1) is 17.0. The number of aryl methyl sites for hydroxylation is 2. The zero-order chi connectivity index (χ0) is 17.1. The summed E-state index contributed by atoms with van der Waals surface area (Å²) < 4.78 is 5.31. The first-order chi connectivity index (χ1) is 11.5. The quantitative estimate of drug-likeness (QED) is 0.905. The number of amidine groups is 1. The average Bonchev–Trinajstić information content (AvgIpc) is 2.92. The van der Waals surface area contributed by atoms with Crippen LogP contribution in [-0.2, 0) is 14.3 Å². The van der Waals surface area contributed by atoms with Crippen molar-refractivity contribution in [1.29, 1.82) is 0 Å². The number of nitrogens with one attached hydrogen (secondary N) is 1. The summed E-state index contributed by atoms with van der Waals surface area (Å²) in [4.78, 5) is 30.5. The molecule has 2 aliphatic rings. The highest BCUT2D eigenvalue weighted by Crippen LogP contribution is 2.28. The summed E-state index contributed by atoms with van der Waals surface area (Å²) in [5, 5.41) is 3.17.